The maximum atomic E-state index is 6.72. The van der Waals surface area contributed by atoms with Gasteiger partial charge in [0.1, 0.15) is 0 Å². The average molecular weight is 285 g/mol. The van der Waals surface area contributed by atoms with Gasteiger partial charge in [-0.1, -0.05) is 55.5 Å². The Labute approximate surface area is 126 Å². The van der Waals surface area contributed by atoms with E-state index in [4.69, 9.17) is 11.6 Å². The Kier molecular flexibility index (Phi) is 4.12. The van der Waals surface area contributed by atoms with Gasteiger partial charge >= 0.3 is 0 Å². The monoisotopic (exact) mass is 284 g/mol. The number of rotatable bonds is 3. The topological polar surface area (TPSA) is 0 Å². The zero-order valence-corrected chi connectivity index (χ0v) is 12.7. The first kappa shape index (κ1) is 13.7. The molecule has 2 atom stereocenters. The van der Waals surface area contributed by atoms with Crippen LogP contribution in [0.3, 0.4) is 0 Å². The fourth-order valence-electron chi connectivity index (χ4n) is 3.19. The summed E-state index contributed by atoms with van der Waals surface area (Å²) in [5, 5.41) is 0.158. The Balaban J connectivity index is 1.75. The first-order valence-electron chi connectivity index (χ1n) is 7.57. The first-order chi connectivity index (χ1) is 9.78. The lowest BCUT2D eigenvalue weighted by Crippen LogP contribution is -2.19. The van der Waals surface area contributed by atoms with Gasteiger partial charge < -0.3 is 0 Å². The summed E-state index contributed by atoms with van der Waals surface area (Å²) in [6.45, 7) is 2.20. The number of fused-ring (bicyclic) bond motifs is 1. The van der Waals surface area contributed by atoms with E-state index in [1.54, 1.807) is 0 Å². The summed E-state index contributed by atoms with van der Waals surface area (Å²) < 4.78 is 0. The van der Waals surface area contributed by atoms with Crippen molar-refractivity contribution in [3.63, 3.8) is 0 Å². The summed E-state index contributed by atoms with van der Waals surface area (Å²) in [7, 11) is 0. The zero-order valence-electron chi connectivity index (χ0n) is 12.0. The van der Waals surface area contributed by atoms with Gasteiger partial charge in [-0.25, -0.2) is 0 Å². The molecule has 2 aromatic carbocycles. The quantitative estimate of drug-likeness (QED) is 0.668. The van der Waals surface area contributed by atoms with Gasteiger partial charge in [0, 0.05) is 0 Å². The normalized spacial score (nSPS) is 21.5. The second-order valence-corrected chi connectivity index (χ2v) is 6.24. The minimum absolute atomic E-state index is 0.158. The number of hydrogen-bond donors (Lipinski definition) is 0. The van der Waals surface area contributed by atoms with E-state index < -0.39 is 0 Å². The van der Waals surface area contributed by atoms with E-state index >= 15 is 0 Å². The first-order valence-corrected chi connectivity index (χ1v) is 8.01. The number of alkyl halides is 1. The molecule has 0 N–H and O–H groups in total. The molecule has 0 aliphatic heterocycles. The Morgan fingerprint density at radius 3 is 2.45 bits per heavy atom. The van der Waals surface area contributed by atoms with Crippen molar-refractivity contribution < 1.29 is 0 Å². The van der Waals surface area contributed by atoms with E-state index in [-0.39, 0.29) is 5.38 Å². The second-order valence-electron chi connectivity index (χ2n) is 5.77. The van der Waals surface area contributed by atoms with Crippen LogP contribution in [0.1, 0.15) is 41.0 Å². The molecular formula is C19H21Cl. The fourth-order valence-corrected chi connectivity index (χ4v) is 3.62. The maximum absolute atomic E-state index is 6.72. The molecule has 0 spiro atoms. The van der Waals surface area contributed by atoms with Crippen LogP contribution in [0.2, 0.25) is 0 Å². The van der Waals surface area contributed by atoms with Crippen LogP contribution < -0.4 is 0 Å². The van der Waals surface area contributed by atoms with Crippen molar-refractivity contribution in [2.24, 2.45) is 5.92 Å². The molecule has 1 aliphatic carbocycles. The van der Waals surface area contributed by atoms with Crippen molar-refractivity contribution in [3.8, 4) is 0 Å². The lowest BCUT2D eigenvalue weighted by atomic mass is 9.80. The number of aryl methyl sites for hydroxylation is 2. The summed E-state index contributed by atoms with van der Waals surface area (Å²) in [6.07, 6.45) is 4.56. The van der Waals surface area contributed by atoms with Gasteiger partial charge in [0.25, 0.3) is 0 Å². The molecule has 0 bridgehead atoms. The molecule has 104 valence electrons. The van der Waals surface area contributed by atoms with Gasteiger partial charge in [-0.2, -0.15) is 0 Å². The third-order valence-electron chi connectivity index (χ3n) is 4.48. The van der Waals surface area contributed by atoms with E-state index in [0.717, 1.165) is 19.3 Å². The van der Waals surface area contributed by atoms with E-state index in [1.165, 1.54) is 28.7 Å². The zero-order chi connectivity index (χ0) is 13.9. The molecule has 2 unspecified atom stereocenters. The number of hydrogen-bond acceptors (Lipinski definition) is 0. The van der Waals surface area contributed by atoms with Gasteiger partial charge in [-0.15, -0.1) is 11.6 Å². The third kappa shape index (κ3) is 2.76. The van der Waals surface area contributed by atoms with Crippen molar-refractivity contribution in [2.75, 3.05) is 0 Å². The van der Waals surface area contributed by atoms with Crippen molar-refractivity contribution in [1.82, 2.24) is 0 Å². The molecule has 0 amide bonds. The molecule has 1 aliphatic rings. The van der Waals surface area contributed by atoms with Gasteiger partial charge in [0.05, 0.1) is 5.38 Å². The molecule has 2 aromatic rings. The van der Waals surface area contributed by atoms with Crippen LogP contribution in [0.4, 0.5) is 0 Å². The predicted molar refractivity (Wildman–Crippen MR) is 86.4 cm³/mol. The van der Waals surface area contributed by atoms with Gasteiger partial charge in [-0.05, 0) is 53.9 Å². The van der Waals surface area contributed by atoms with Crippen LogP contribution in [-0.2, 0) is 19.3 Å². The Morgan fingerprint density at radius 2 is 1.70 bits per heavy atom. The molecule has 20 heavy (non-hydrogen) atoms. The molecule has 3 rings (SSSR count). The van der Waals surface area contributed by atoms with Gasteiger partial charge in [-0.3, -0.25) is 0 Å². The maximum Gasteiger partial charge on any atom is 0.0619 e. The van der Waals surface area contributed by atoms with Crippen molar-refractivity contribution in [3.05, 3.63) is 70.8 Å². The highest BCUT2D eigenvalue weighted by Crippen LogP contribution is 2.40. The molecule has 0 radical (unpaired) electrons. The van der Waals surface area contributed by atoms with Crippen molar-refractivity contribution >= 4 is 11.6 Å². The fraction of sp³-hybridized carbons (Fsp3) is 0.368. The SMILES string of the molecule is CCc1ccc(CC2CCc3ccccc3C2Cl)cc1. The molecule has 0 saturated heterocycles. The third-order valence-corrected chi connectivity index (χ3v) is 5.07. The summed E-state index contributed by atoms with van der Waals surface area (Å²) in [5.74, 6) is 0.555. The highest BCUT2D eigenvalue weighted by Gasteiger charge is 2.27. The lowest BCUT2D eigenvalue weighted by molar-refractivity contribution is 0.442. The van der Waals surface area contributed by atoms with E-state index in [2.05, 4.69) is 55.5 Å². The Morgan fingerprint density at radius 1 is 1.00 bits per heavy atom. The van der Waals surface area contributed by atoms with Gasteiger partial charge in [0.15, 0.2) is 0 Å². The van der Waals surface area contributed by atoms with Crippen LogP contribution in [-0.4, -0.2) is 0 Å². The standard InChI is InChI=1S/C19H21Cl/c1-2-14-7-9-15(10-8-14)13-17-12-11-16-5-3-4-6-18(16)19(17)20/h3-10,17,19H,2,11-13H2,1H3. The smallest absolute Gasteiger partial charge is 0.0619 e. The highest BCUT2D eigenvalue weighted by molar-refractivity contribution is 6.21. The number of halogens is 1. The molecule has 0 aromatic heterocycles. The predicted octanol–water partition coefficient (Wildman–Crippen LogP) is 5.33. The van der Waals surface area contributed by atoms with Crippen LogP contribution in [0.15, 0.2) is 48.5 Å². The second kappa shape index (κ2) is 6.01. The van der Waals surface area contributed by atoms with E-state index in [9.17, 15) is 0 Å². The molecule has 0 heterocycles. The highest BCUT2D eigenvalue weighted by atomic mass is 35.5. The average Bonchev–Trinajstić information content (AvgIpc) is 2.51. The Hall–Kier alpha value is -1.27. The van der Waals surface area contributed by atoms with Crippen molar-refractivity contribution in [1.29, 1.82) is 0 Å². The molecule has 1 heteroatoms. The minimum atomic E-state index is 0.158. The van der Waals surface area contributed by atoms with Crippen LogP contribution in [0, 0.1) is 5.92 Å². The molecule has 0 fully saturated rings. The lowest BCUT2D eigenvalue weighted by Gasteiger charge is -2.29. The minimum Gasteiger partial charge on any atom is -0.117 e. The summed E-state index contributed by atoms with van der Waals surface area (Å²) in [4.78, 5) is 0. The Bertz CT molecular complexity index is 571. The number of benzene rings is 2. The van der Waals surface area contributed by atoms with Crippen molar-refractivity contribution in [2.45, 2.75) is 38.0 Å². The molecule has 0 saturated carbocycles. The van der Waals surface area contributed by atoms with E-state index in [1.807, 2.05) is 0 Å². The van der Waals surface area contributed by atoms with Gasteiger partial charge in [0.2, 0.25) is 0 Å². The molecule has 0 nitrogen and oxygen atoms in total. The van der Waals surface area contributed by atoms with Crippen LogP contribution in [0.25, 0.3) is 0 Å². The summed E-state index contributed by atoms with van der Waals surface area (Å²) >= 11 is 6.72. The molecular weight excluding hydrogens is 264 g/mol. The van der Waals surface area contributed by atoms with Crippen LogP contribution >= 0.6 is 11.6 Å². The summed E-state index contributed by atoms with van der Waals surface area (Å²) in [5.41, 5.74) is 5.60. The summed E-state index contributed by atoms with van der Waals surface area (Å²) in [6, 6.07) is 17.7. The van der Waals surface area contributed by atoms with E-state index in [0.29, 0.717) is 5.92 Å². The largest absolute Gasteiger partial charge is 0.117 e. The van der Waals surface area contributed by atoms with Crippen LogP contribution in [0.5, 0.6) is 0 Å².